The van der Waals surface area contributed by atoms with Gasteiger partial charge in [0.2, 0.25) is 0 Å². The van der Waals surface area contributed by atoms with Crippen LogP contribution in [0.4, 0.5) is 0 Å². The molecule has 12 rings (SSSR count). The number of rotatable bonds is 3. The van der Waals surface area contributed by atoms with Gasteiger partial charge in [0.15, 0.2) is 0 Å². The molecule has 0 aliphatic carbocycles. The molecule has 8 aromatic carbocycles. The Hall–Kier alpha value is -6.62. The van der Waals surface area contributed by atoms with Crippen molar-refractivity contribution in [3.8, 4) is 17.1 Å². The predicted octanol–water partition coefficient (Wildman–Crippen LogP) is 13.3. The van der Waals surface area contributed by atoms with Crippen LogP contribution in [0, 0.1) is 0 Å². The van der Waals surface area contributed by atoms with Gasteiger partial charge in [-0.05, 0) is 84.9 Å². The molecule has 0 atom stereocenters. The van der Waals surface area contributed by atoms with Crippen LogP contribution in [-0.2, 0) is 0 Å². The first-order valence-electron chi connectivity index (χ1n) is 17.8. The molecular formula is C48H29N3S. The minimum Gasteiger partial charge on any atom is -0.309 e. The maximum atomic E-state index is 2.44. The molecule has 0 bridgehead atoms. The number of benzene rings is 8. The van der Waals surface area contributed by atoms with Crippen LogP contribution in [0.15, 0.2) is 176 Å². The van der Waals surface area contributed by atoms with Crippen LogP contribution >= 0.6 is 11.3 Å². The molecule has 0 aliphatic heterocycles. The zero-order chi connectivity index (χ0) is 33.9. The lowest BCUT2D eigenvalue weighted by molar-refractivity contribution is 1.16. The van der Waals surface area contributed by atoms with E-state index in [0.717, 1.165) is 5.69 Å². The zero-order valence-corrected chi connectivity index (χ0v) is 28.8. The lowest BCUT2D eigenvalue weighted by Gasteiger charge is -2.11. The van der Waals surface area contributed by atoms with E-state index in [-0.39, 0.29) is 0 Å². The third kappa shape index (κ3) is 3.79. The summed E-state index contributed by atoms with van der Waals surface area (Å²) in [6.45, 7) is 0. The van der Waals surface area contributed by atoms with Crippen LogP contribution in [0.3, 0.4) is 0 Å². The van der Waals surface area contributed by atoms with Crippen molar-refractivity contribution in [3.63, 3.8) is 0 Å². The number of para-hydroxylation sites is 4. The van der Waals surface area contributed by atoms with Crippen LogP contribution in [-0.4, -0.2) is 13.7 Å². The molecule has 0 radical (unpaired) electrons. The van der Waals surface area contributed by atoms with E-state index in [2.05, 4.69) is 190 Å². The van der Waals surface area contributed by atoms with Crippen LogP contribution in [0.5, 0.6) is 0 Å². The predicted molar refractivity (Wildman–Crippen MR) is 222 cm³/mol. The SMILES string of the molecule is c1ccc2c(c1)sc1ccc(-n3c4ccccc4c4cc(-n5c6ccccc6c6cc(-n7c8ccccc8c8ccccc87)ccc65)ccc43)cc12. The largest absolute Gasteiger partial charge is 0.309 e. The minimum atomic E-state index is 1.16. The summed E-state index contributed by atoms with van der Waals surface area (Å²) < 4.78 is 9.93. The topological polar surface area (TPSA) is 14.8 Å². The van der Waals surface area contributed by atoms with Crippen molar-refractivity contribution in [1.29, 1.82) is 0 Å². The smallest absolute Gasteiger partial charge is 0.0542 e. The Labute approximate surface area is 302 Å². The highest BCUT2D eigenvalue weighted by molar-refractivity contribution is 7.25. The summed E-state index contributed by atoms with van der Waals surface area (Å²) in [4.78, 5) is 0. The number of thiophene rings is 1. The van der Waals surface area contributed by atoms with Gasteiger partial charge in [-0.25, -0.2) is 0 Å². The van der Waals surface area contributed by atoms with Gasteiger partial charge >= 0.3 is 0 Å². The van der Waals surface area contributed by atoms with Gasteiger partial charge in [-0.3, -0.25) is 0 Å². The van der Waals surface area contributed by atoms with Crippen LogP contribution in [0.25, 0.3) is 103 Å². The lowest BCUT2D eigenvalue weighted by Crippen LogP contribution is -1.96. The minimum absolute atomic E-state index is 1.16. The van der Waals surface area contributed by atoms with Gasteiger partial charge in [-0.1, -0.05) is 91.0 Å². The standard InChI is InChI=1S/C48H29N3S/c1-6-16-41-33(11-1)34-12-2-7-17-42(34)49(41)30-21-24-45-38(27-30)35-13-3-8-18-43(35)50(45)31-22-25-46-39(28-31)36-14-4-9-19-44(36)51(46)32-23-26-48-40(29-32)37-15-5-10-20-47(37)52-48/h1-29H. The normalized spacial score (nSPS) is 12.2. The van der Waals surface area contributed by atoms with E-state index in [0.29, 0.717) is 0 Å². The summed E-state index contributed by atoms with van der Waals surface area (Å²) in [5.74, 6) is 0. The Morgan fingerprint density at radius 3 is 1.06 bits per heavy atom. The fourth-order valence-corrected chi connectivity index (χ4v) is 9.90. The van der Waals surface area contributed by atoms with Gasteiger partial charge in [0.25, 0.3) is 0 Å². The van der Waals surface area contributed by atoms with E-state index in [1.807, 2.05) is 11.3 Å². The molecule has 0 spiro atoms. The summed E-state index contributed by atoms with van der Waals surface area (Å²) in [5, 5.41) is 10.2. The van der Waals surface area contributed by atoms with Crippen LogP contribution < -0.4 is 0 Å². The van der Waals surface area contributed by atoms with Gasteiger partial charge in [0, 0.05) is 69.6 Å². The molecule has 3 nitrogen and oxygen atoms in total. The molecule has 0 aliphatic rings. The highest BCUT2D eigenvalue weighted by atomic mass is 32.1. The van der Waals surface area contributed by atoms with Crippen molar-refractivity contribution in [2.75, 3.05) is 0 Å². The maximum Gasteiger partial charge on any atom is 0.0542 e. The van der Waals surface area contributed by atoms with Crippen LogP contribution in [0.2, 0.25) is 0 Å². The van der Waals surface area contributed by atoms with Crippen molar-refractivity contribution in [2.45, 2.75) is 0 Å². The monoisotopic (exact) mass is 679 g/mol. The second kappa shape index (κ2) is 10.5. The second-order valence-corrected chi connectivity index (χ2v) is 14.8. The Morgan fingerprint density at radius 1 is 0.250 bits per heavy atom. The van der Waals surface area contributed by atoms with Crippen LogP contribution in [0.1, 0.15) is 0 Å². The summed E-state index contributed by atoms with van der Waals surface area (Å²) in [6.07, 6.45) is 0. The zero-order valence-electron chi connectivity index (χ0n) is 28.0. The average Bonchev–Trinajstić information content (AvgIpc) is 3.93. The van der Waals surface area contributed by atoms with E-state index < -0.39 is 0 Å². The van der Waals surface area contributed by atoms with Gasteiger partial charge in [0.1, 0.15) is 0 Å². The van der Waals surface area contributed by atoms with E-state index in [1.54, 1.807) is 0 Å². The summed E-state index contributed by atoms with van der Waals surface area (Å²) in [6, 6.07) is 64.8. The fourth-order valence-electron chi connectivity index (χ4n) is 8.81. The molecule has 0 fully saturated rings. The molecule has 52 heavy (non-hydrogen) atoms. The molecular weight excluding hydrogens is 651 g/mol. The molecule has 0 N–H and O–H groups in total. The highest BCUT2D eigenvalue weighted by Crippen LogP contribution is 2.40. The number of hydrogen-bond acceptors (Lipinski definition) is 1. The fraction of sp³-hybridized carbons (Fsp3) is 0. The van der Waals surface area contributed by atoms with Crippen molar-refractivity contribution >= 4 is 96.9 Å². The van der Waals surface area contributed by atoms with Crippen molar-refractivity contribution in [1.82, 2.24) is 13.7 Å². The summed E-state index contributed by atoms with van der Waals surface area (Å²) in [7, 11) is 0. The molecule has 0 unspecified atom stereocenters. The number of hydrogen-bond donors (Lipinski definition) is 0. The summed E-state index contributed by atoms with van der Waals surface area (Å²) >= 11 is 1.86. The van der Waals surface area contributed by atoms with Gasteiger partial charge in [0.05, 0.1) is 33.1 Å². The number of nitrogens with zero attached hydrogens (tertiary/aromatic N) is 3. The van der Waals surface area contributed by atoms with Gasteiger partial charge in [-0.2, -0.15) is 0 Å². The molecule has 4 aromatic heterocycles. The lowest BCUT2D eigenvalue weighted by atomic mass is 10.1. The van der Waals surface area contributed by atoms with E-state index >= 15 is 0 Å². The number of fused-ring (bicyclic) bond motifs is 12. The van der Waals surface area contributed by atoms with Crippen molar-refractivity contribution in [3.05, 3.63) is 176 Å². The molecule has 12 aromatic rings. The first-order valence-corrected chi connectivity index (χ1v) is 18.6. The van der Waals surface area contributed by atoms with Gasteiger partial charge in [-0.15, -0.1) is 11.3 Å². The second-order valence-electron chi connectivity index (χ2n) is 13.8. The van der Waals surface area contributed by atoms with Gasteiger partial charge < -0.3 is 13.7 Å². The molecule has 0 saturated carbocycles. The highest BCUT2D eigenvalue weighted by Gasteiger charge is 2.19. The van der Waals surface area contributed by atoms with Crippen molar-refractivity contribution < 1.29 is 0 Å². The third-order valence-corrected chi connectivity index (χ3v) is 12.2. The Bertz CT molecular complexity index is 3370. The molecule has 4 heterocycles. The molecule has 0 amide bonds. The third-order valence-electron chi connectivity index (χ3n) is 11.0. The summed E-state index contributed by atoms with van der Waals surface area (Å²) in [5.41, 5.74) is 10.8. The first-order chi connectivity index (χ1) is 25.8. The molecule has 0 saturated heterocycles. The average molecular weight is 680 g/mol. The molecule has 242 valence electrons. The van der Waals surface area contributed by atoms with E-state index in [1.165, 1.54) is 97.0 Å². The molecule has 4 heteroatoms. The van der Waals surface area contributed by atoms with Crippen molar-refractivity contribution in [2.24, 2.45) is 0 Å². The Morgan fingerprint density at radius 2 is 0.577 bits per heavy atom. The van der Waals surface area contributed by atoms with E-state index in [4.69, 9.17) is 0 Å². The van der Waals surface area contributed by atoms with E-state index in [9.17, 15) is 0 Å². The quantitative estimate of drug-likeness (QED) is 0.177. The Balaban J connectivity index is 1.08. The number of aromatic nitrogens is 3. The first kappa shape index (κ1) is 28.1. The maximum absolute atomic E-state index is 2.44. The Kier molecular flexibility index (Phi) is 5.65.